The number of rotatable bonds is 2. The van der Waals surface area contributed by atoms with E-state index in [9.17, 15) is 5.11 Å². The van der Waals surface area contributed by atoms with Crippen molar-refractivity contribution >= 4 is 11.4 Å². The summed E-state index contributed by atoms with van der Waals surface area (Å²) in [5.41, 5.74) is 2.86. The van der Waals surface area contributed by atoms with Crippen LogP contribution in [0.5, 0.6) is 0 Å². The molecule has 0 amide bonds. The quantitative estimate of drug-likeness (QED) is 0.510. The van der Waals surface area contributed by atoms with Crippen LogP contribution in [0.3, 0.4) is 0 Å². The molecule has 2 rings (SSSR count). The Balaban J connectivity index is 2.23. The lowest BCUT2D eigenvalue weighted by Crippen LogP contribution is -2.25. The lowest BCUT2D eigenvalue weighted by Gasteiger charge is -2.15. The van der Waals surface area contributed by atoms with Gasteiger partial charge in [0.15, 0.2) is 0 Å². The van der Waals surface area contributed by atoms with Gasteiger partial charge in [-0.3, -0.25) is 0 Å². The lowest BCUT2D eigenvalue weighted by atomic mass is 10.1. The SMILES string of the molecule is C=C(O)/C(=C\C)C1Nc2ccccc2N1. The van der Waals surface area contributed by atoms with Gasteiger partial charge in [-0.25, -0.2) is 0 Å². The number of aliphatic hydroxyl groups is 1. The molecule has 0 fully saturated rings. The van der Waals surface area contributed by atoms with E-state index >= 15 is 0 Å². The van der Waals surface area contributed by atoms with Crippen LogP contribution in [0.1, 0.15) is 6.92 Å². The summed E-state index contributed by atoms with van der Waals surface area (Å²) in [6.07, 6.45) is 1.75. The van der Waals surface area contributed by atoms with E-state index in [1.807, 2.05) is 37.3 Å². The van der Waals surface area contributed by atoms with E-state index in [4.69, 9.17) is 0 Å². The Hall–Kier alpha value is -1.90. The summed E-state index contributed by atoms with van der Waals surface area (Å²) < 4.78 is 0. The third-order valence-electron chi connectivity index (χ3n) is 2.48. The van der Waals surface area contributed by atoms with Crippen LogP contribution < -0.4 is 10.6 Å². The summed E-state index contributed by atoms with van der Waals surface area (Å²) in [7, 11) is 0. The zero-order valence-corrected chi connectivity index (χ0v) is 8.62. The van der Waals surface area contributed by atoms with E-state index in [0.717, 1.165) is 16.9 Å². The maximum atomic E-state index is 9.41. The van der Waals surface area contributed by atoms with Crippen molar-refractivity contribution in [3.63, 3.8) is 0 Å². The van der Waals surface area contributed by atoms with Gasteiger partial charge in [0.25, 0.3) is 0 Å². The van der Waals surface area contributed by atoms with Gasteiger partial charge in [0.2, 0.25) is 0 Å². The maximum Gasteiger partial charge on any atom is 0.126 e. The number of nitrogens with one attached hydrogen (secondary N) is 2. The van der Waals surface area contributed by atoms with E-state index in [2.05, 4.69) is 17.2 Å². The number of hydrogen-bond acceptors (Lipinski definition) is 3. The number of benzene rings is 1. The summed E-state index contributed by atoms with van der Waals surface area (Å²) in [5.74, 6) is 0.0929. The molecule has 1 heterocycles. The van der Waals surface area contributed by atoms with Crippen molar-refractivity contribution in [2.24, 2.45) is 0 Å². The van der Waals surface area contributed by atoms with Crippen LogP contribution in [0.2, 0.25) is 0 Å². The molecule has 3 heteroatoms. The molecule has 1 aliphatic heterocycles. The van der Waals surface area contributed by atoms with Gasteiger partial charge in [-0.05, 0) is 19.1 Å². The first-order valence-corrected chi connectivity index (χ1v) is 4.89. The maximum absolute atomic E-state index is 9.41. The second kappa shape index (κ2) is 3.69. The molecule has 0 saturated heterocycles. The molecule has 0 atom stereocenters. The van der Waals surface area contributed by atoms with Gasteiger partial charge in [-0.2, -0.15) is 0 Å². The van der Waals surface area contributed by atoms with E-state index in [0.29, 0.717) is 0 Å². The molecule has 0 radical (unpaired) electrons. The van der Waals surface area contributed by atoms with Gasteiger partial charge in [-0.15, -0.1) is 0 Å². The van der Waals surface area contributed by atoms with Crippen molar-refractivity contribution in [3.05, 3.63) is 48.3 Å². The molecule has 0 unspecified atom stereocenters. The second-order valence-corrected chi connectivity index (χ2v) is 3.46. The van der Waals surface area contributed by atoms with Crippen LogP contribution >= 0.6 is 0 Å². The molecule has 1 aromatic rings. The standard InChI is InChI=1S/C12H14N2O/c1-3-9(8(2)15)12-13-10-6-4-5-7-11(10)14-12/h3-7,12-15H,2H2,1H3/b9-3+. The van der Waals surface area contributed by atoms with Crippen LogP contribution in [0, 0.1) is 0 Å². The fourth-order valence-corrected chi connectivity index (χ4v) is 1.74. The predicted octanol–water partition coefficient (Wildman–Crippen LogP) is 2.87. The Morgan fingerprint density at radius 2 is 1.87 bits per heavy atom. The van der Waals surface area contributed by atoms with Crippen LogP contribution in [0.4, 0.5) is 11.4 Å². The summed E-state index contributed by atoms with van der Waals surface area (Å²) in [5, 5.41) is 15.9. The fraction of sp³-hybridized carbons (Fsp3) is 0.167. The van der Waals surface area contributed by atoms with Crippen molar-refractivity contribution in [1.29, 1.82) is 0 Å². The topological polar surface area (TPSA) is 44.3 Å². The van der Waals surface area contributed by atoms with E-state index in [1.54, 1.807) is 0 Å². The highest BCUT2D eigenvalue weighted by Gasteiger charge is 2.22. The van der Waals surface area contributed by atoms with Gasteiger partial charge in [0, 0.05) is 5.57 Å². The van der Waals surface area contributed by atoms with E-state index < -0.39 is 0 Å². The highest BCUT2D eigenvalue weighted by Crippen LogP contribution is 2.31. The Bertz CT molecular complexity index is 398. The first kappa shape index (κ1) is 9.65. The third-order valence-corrected chi connectivity index (χ3v) is 2.48. The zero-order chi connectivity index (χ0) is 10.8. The molecule has 3 N–H and O–H groups in total. The molecule has 1 aliphatic rings. The van der Waals surface area contributed by atoms with Crippen molar-refractivity contribution in [2.45, 2.75) is 13.1 Å². The minimum Gasteiger partial charge on any atom is -0.508 e. The number of anilines is 2. The largest absolute Gasteiger partial charge is 0.508 e. The van der Waals surface area contributed by atoms with Gasteiger partial charge < -0.3 is 15.7 Å². The fourth-order valence-electron chi connectivity index (χ4n) is 1.74. The molecule has 78 valence electrons. The van der Waals surface area contributed by atoms with Crippen LogP contribution in [-0.4, -0.2) is 11.3 Å². The Morgan fingerprint density at radius 1 is 1.33 bits per heavy atom. The molecule has 0 saturated carbocycles. The predicted molar refractivity (Wildman–Crippen MR) is 63.0 cm³/mol. The second-order valence-electron chi connectivity index (χ2n) is 3.46. The highest BCUT2D eigenvalue weighted by atomic mass is 16.3. The molecule has 0 aliphatic carbocycles. The van der Waals surface area contributed by atoms with Gasteiger partial charge in [0.1, 0.15) is 11.9 Å². The van der Waals surface area contributed by atoms with E-state index in [1.165, 1.54) is 0 Å². The molecule has 0 bridgehead atoms. The van der Waals surface area contributed by atoms with Gasteiger partial charge in [0.05, 0.1) is 11.4 Å². The average Bonchev–Trinajstić information content (AvgIpc) is 2.61. The minimum absolute atomic E-state index is 0.0927. The van der Waals surface area contributed by atoms with Crippen LogP contribution in [0.25, 0.3) is 0 Å². The van der Waals surface area contributed by atoms with Crippen LogP contribution in [-0.2, 0) is 0 Å². The Morgan fingerprint density at radius 3 is 2.27 bits per heavy atom. The lowest BCUT2D eigenvalue weighted by molar-refractivity contribution is 0.421. The number of fused-ring (bicyclic) bond motifs is 1. The number of hydrogen-bond donors (Lipinski definition) is 3. The molecule has 15 heavy (non-hydrogen) atoms. The first-order chi connectivity index (χ1) is 7.22. The molecule has 3 nitrogen and oxygen atoms in total. The van der Waals surface area contributed by atoms with Gasteiger partial charge in [-0.1, -0.05) is 24.8 Å². The van der Waals surface area contributed by atoms with E-state index in [-0.39, 0.29) is 11.9 Å². The van der Waals surface area contributed by atoms with Crippen molar-refractivity contribution < 1.29 is 5.11 Å². The summed E-state index contributed by atoms with van der Waals surface area (Å²) in [6, 6.07) is 7.93. The summed E-state index contributed by atoms with van der Waals surface area (Å²) >= 11 is 0. The van der Waals surface area contributed by atoms with Crippen LogP contribution in [0.15, 0.2) is 48.3 Å². The third kappa shape index (κ3) is 1.68. The Labute approximate surface area is 89.1 Å². The number of allylic oxidation sites excluding steroid dienone is 1. The van der Waals surface area contributed by atoms with Crippen molar-refractivity contribution in [1.82, 2.24) is 0 Å². The molecular weight excluding hydrogens is 188 g/mol. The Kier molecular flexibility index (Phi) is 2.37. The first-order valence-electron chi connectivity index (χ1n) is 4.89. The zero-order valence-electron chi connectivity index (χ0n) is 8.62. The van der Waals surface area contributed by atoms with Crippen molar-refractivity contribution in [3.8, 4) is 0 Å². The monoisotopic (exact) mass is 202 g/mol. The smallest absolute Gasteiger partial charge is 0.126 e. The normalized spacial score (nSPS) is 15.4. The molecule has 1 aromatic carbocycles. The number of para-hydroxylation sites is 2. The molecular formula is C12H14N2O. The number of aliphatic hydroxyl groups excluding tert-OH is 1. The van der Waals surface area contributed by atoms with Gasteiger partial charge >= 0.3 is 0 Å². The highest BCUT2D eigenvalue weighted by molar-refractivity contribution is 5.76. The summed E-state index contributed by atoms with van der Waals surface area (Å²) in [4.78, 5) is 0. The minimum atomic E-state index is -0.0927. The molecule has 0 spiro atoms. The molecule has 0 aromatic heterocycles. The average molecular weight is 202 g/mol. The van der Waals surface area contributed by atoms with Crippen molar-refractivity contribution in [2.75, 3.05) is 10.6 Å². The summed E-state index contributed by atoms with van der Waals surface area (Å²) in [6.45, 7) is 5.42.